The SMILES string of the molecule is COc1ccc(CN(c2nc(Nc3cc(C#N)cc(N4CCN(C(=O)OC(C)(C)C)[C@H](C)C4)c3Cl)nc3c(C#N)cnn23)C2CC2)cc1. The summed E-state index contributed by atoms with van der Waals surface area (Å²) in [6.45, 7) is 9.46. The van der Waals surface area contributed by atoms with E-state index in [1.165, 1.54) is 6.20 Å². The fourth-order valence-electron chi connectivity index (χ4n) is 5.74. The number of nitrogens with zero attached hydrogens (tertiary/aromatic N) is 9. The van der Waals surface area contributed by atoms with E-state index in [0.717, 1.165) is 24.2 Å². The van der Waals surface area contributed by atoms with Crippen LogP contribution in [-0.2, 0) is 11.3 Å². The summed E-state index contributed by atoms with van der Waals surface area (Å²) in [7, 11) is 1.64. The van der Waals surface area contributed by atoms with Gasteiger partial charge in [0, 0.05) is 38.3 Å². The first-order valence-electron chi connectivity index (χ1n) is 15.8. The Labute approximate surface area is 284 Å². The number of halogens is 1. The van der Waals surface area contributed by atoms with Gasteiger partial charge in [-0.1, -0.05) is 23.7 Å². The number of piperazine rings is 1. The van der Waals surface area contributed by atoms with E-state index in [-0.39, 0.29) is 24.1 Å². The number of hydrogen-bond acceptors (Lipinski definition) is 11. The quantitative estimate of drug-likeness (QED) is 0.240. The maximum Gasteiger partial charge on any atom is 0.410 e. The van der Waals surface area contributed by atoms with Crippen molar-refractivity contribution < 1.29 is 14.3 Å². The lowest BCUT2D eigenvalue weighted by atomic mass is 10.1. The van der Waals surface area contributed by atoms with Gasteiger partial charge in [-0.3, -0.25) is 0 Å². The van der Waals surface area contributed by atoms with Gasteiger partial charge >= 0.3 is 6.09 Å². The van der Waals surface area contributed by atoms with Gasteiger partial charge in [0.25, 0.3) is 0 Å². The molecule has 6 rings (SSSR count). The van der Waals surface area contributed by atoms with Crippen LogP contribution in [0.1, 0.15) is 57.2 Å². The van der Waals surface area contributed by atoms with Crippen molar-refractivity contribution in [2.75, 3.05) is 41.9 Å². The number of aromatic nitrogens is 4. The van der Waals surface area contributed by atoms with Crippen LogP contribution in [0.25, 0.3) is 5.65 Å². The van der Waals surface area contributed by atoms with E-state index in [1.54, 1.807) is 28.7 Å². The number of hydrogen-bond donors (Lipinski definition) is 1. The first kappa shape index (κ1) is 32.7. The summed E-state index contributed by atoms with van der Waals surface area (Å²) in [5, 5.41) is 27.9. The third-order valence-corrected chi connectivity index (χ3v) is 8.65. The monoisotopic (exact) mass is 668 g/mol. The molecule has 1 amide bonds. The number of nitrogens with one attached hydrogen (secondary N) is 1. The van der Waals surface area contributed by atoms with Crippen LogP contribution in [0.3, 0.4) is 0 Å². The van der Waals surface area contributed by atoms with Crippen molar-refractivity contribution in [2.24, 2.45) is 0 Å². The Morgan fingerprint density at radius 3 is 2.50 bits per heavy atom. The van der Waals surface area contributed by atoms with Crippen LogP contribution in [-0.4, -0.2) is 75.0 Å². The number of carbonyl (C=O) groups excluding carboxylic acids is 1. The first-order valence-corrected chi connectivity index (χ1v) is 16.2. The number of methoxy groups -OCH3 is 1. The smallest absolute Gasteiger partial charge is 0.410 e. The maximum atomic E-state index is 12.8. The van der Waals surface area contributed by atoms with Gasteiger partial charge < -0.3 is 29.5 Å². The predicted octanol–water partition coefficient (Wildman–Crippen LogP) is 5.89. The number of nitriles is 2. The lowest BCUT2D eigenvalue weighted by Crippen LogP contribution is -2.55. The number of benzene rings is 2. The van der Waals surface area contributed by atoms with Gasteiger partial charge in [-0.05, 0) is 70.4 Å². The van der Waals surface area contributed by atoms with Crippen LogP contribution >= 0.6 is 11.6 Å². The molecule has 13 nitrogen and oxygen atoms in total. The van der Waals surface area contributed by atoms with E-state index in [9.17, 15) is 15.3 Å². The molecule has 4 aromatic rings. The van der Waals surface area contributed by atoms with Crippen molar-refractivity contribution in [1.82, 2.24) is 24.5 Å². The third-order valence-electron chi connectivity index (χ3n) is 8.25. The minimum Gasteiger partial charge on any atom is -0.497 e. The minimum absolute atomic E-state index is 0.162. The van der Waals surface area contributed by atoms with E-state index in [0.29, 0.717) is 65.3 Å². The number of carbonyl (C=O) groups is 1. The van der Waals surface area contributed by atoms with Crippen LogP contribution in [0.5, 0.6) is 5.75 Å². The number of anilines is 4. The normalized spacial score (nSPS) is 16.3. The van der Waals surface area contributed by atoms with Crippen LogP contribution in [0.15, 0.2) is 42.6 Å². The molecule has 48 heavy (non-hydrogen) atoms. The number of fused-ring (bicyclic) bond motifs is 1. The van der Waals surface area contributed by atoms with E-state index < -0.39 is 5.60 Å². The van der Waals surface area contributed by atoms with Gasteiger partial charge in [0.15, 0.2) is 5.65 Å². The summed E-state index contributed by atoms with van der Waals surface area (Å²) in [5.41, 5.74) is 2.60. The largest absolute Gasteiger partial charge is 0.497 e. The zero-order valence-corrected chi connectivity index (χ0v) is 28.3. The molecule has 0 bridgehead atoms. The van der Waals surface area contributed by atoms with Gasteiger partial charge in [0.05, 0.1) is 41.3 Å². The highest BCUT2D eigenvalue weighted by Crippen LogP contribution is 2.38. The summed E-state index contributed by atoms with van der Waals surface area (Å²) < 4.78 is 12.5. The van der Waals surface area contributed by atoms with E-state index in [2.05, 4.69) is 37.3 Å². The number of amides is 1. The molecule has 3 heterocycles. The highest BCUT2D eigenvalue weighted by atomic mass is 35.5. The van der Waals surface area contributed by atoms with E-state index >= 15 is 0 Å². The first-order chi connectivity index (χ1) is 23.0. The molecule has 248 valence electrons. The van der Waals surface area contributed by atoms with Crippen molar-refractivity contribution in [2.45, 2.75) is 64.8 Å². The second-order valence-corrected chi connectivity index (χ2v) is 13.4. The maximum absolute atomic E-state index is 12.8. The summed E-state index contributed by atoms with van der Waals surface area (Å²) in [4.78, 5) is 28.3. The molecule has 1 saturated heterocycles. The standard InChI is InChI=1S/C34H37ClN10O3/c1-21-19-42(12-13-43(21)33(46)48-34(2,3)4)28-15-23(16-36)14-27(29(28)35)39-31-40-30-24(17-37)18-38-45(30)32(41-31)44(25-8-9-25)20-22-6-10-26(47-5)11-7-22/h6-7,10-11,14-15,18,21,25H,8-9,12-13,19-20H2,1-5H3,(H,39,40)/t21-/m1/s1. The molecule has 0 radical (unpaired) electrons. The Kier molecular flexibility index (Phi) is 8.91. The summed E-state index contributed by atoms with van der Waals surface area (Å²) in [6, 6.07) is 15.7. The molecular formula is C34H37ClN10O3. The van der Waals surface area contributed by atoms with Crippen LogP contribution in [0.2, 0.25) is 5.02 Å². The molecule has 2 aliphatic rings. The van der Waals surface area contributed by atoms with Crippen LogP contribution in [0, 0.1) is 22.7 Å². The van der Waals surface area contributed by atoms with Crippen LogP contribution < -0.4 is 19.9 Å². The average molecular weight is 669 g/mol. The molecular weight excluding hydrogens is 632 g/mol. The molecule has 1 atom stereocenters. The summed E-state index contributed by atoms with van der Waals surface area (Å²) in [5.74, 6) is 1.51. The van der Waals surface area contributed by atoms with Gasteiger partial charge in [-0.2, -0.15) is 30.1 Å². The van der Waals surface area contributed by atoms with Crippen molar-refractivity contribution in [3.05, 3.63) is 64.3 Å². The second-order valence-electron chi connectivity index (χ2n) is 13.0. The average Bonchev–Trinajstić information content (AvgIpc) is 3.82. The Morgan fingerprint density at radius 1 is 1.12 bits per heavy atom. The second kappa shape index (κ2) is 13.1. The third kappa shape index (κ3) is 6.87. The Bertz CT molecular complexity index is 1920. The van der Waals surface area contributed by atoms with Gasteiger partial charge in [0.2, 0.25) is 11.9 Å². The molecule has 0 unspecified atom stereocenters. The number of ether oxygens (including phenoxy) is 2. The zero-order valence-electron chi connectivity index (χ0n) is 27.6. The Hall–Kier alpha value is -5.27. The van der Waals surface area contributed by atoms with Gasteiger partial charge in [-0.25, -0.2) is 4.79 Å². The highest BCUT2D eigenvalue weighted by Gasteiger charge is 2.34. The molecule has 1 aliphatic heterocycles. The lowest BCUT2D eigenvalue weighted by Gasteiger charge is -2.41. The van der Waals surface area contributed by atoms with E-state index in [4.69, 9.17) is 26.1 Å². The summed E-state index contributed by atoms with van der Waals surface area (Å²) >= 11 is 7.04. The van der Waals surface area contributed by atoms with E-state index in [1.807, 2.05) is 52.0 Å². The molecule has 1 aliphatic carbocycles. The Balaban J connectivity index is 1.32. The fourth-order valence-corrected chi connectivity index (χ4v) is 6.02. The zero-order chi connectivity index (χ0) is 34.2. The van der Waals surface area contributed by atoms with Crippen LogP contribution in [0.4, 0.5) is 28.1 Å². The van der Waals surface area contributed by atoms with Gasteiger partial charge in [-0.15, -0.1) is 0 Å². The molecule has 2 aromatic carbocycles. The topological polar surface area (TPSA) is 148 Å². The van der Waals surface area contributed by atoms with Crippen molar-refractivity contribution >= 4 is 46.6 Å². The Morgan fingerprint density at radius 2 is 1.88 bits per heavy atom. The number of rotatable bonds is 8. The van der Waals surface area contributed by atoms with Crippen molar-refractivity contribution in [3.8, 4) is 17.9 Å². The molecule has 0 spiro atoms. The van der Waals surface area contributed by atoms with Crippen molar-refractivity contribution in [3.63, 3.8) is 0 Å². The van der Waals surface area contributed by atoms with Gasteiger partial charge in [0.1, 0.15) is 23.0 Å². The highest BCUT2D eigenvalue weighted by molar-refractivity contribution is 6.36. The van der Waals surface area contributed by atoms with Crippen molar-refractivity contribution in [1.29, 1.82) is 10.5 Å². The fraction of sp³-hybridized carbons (Fsp3) is 0.412. The minimum atomic E-state index is -0.597. The molecule has 1 N–H and O–H groups in total. The molecule has 2 fully saturated rings. The predicted molar refractivity (Wildman–Crippen MR) is 182 cm³/mol. The molecule has 1 saturated carbocycles. The molecule has 14 heteroatoms. The molecule has 2 aromatic heterocycles. The summed E-state index contributed by atoms with van der Waals surface area (Å²) in [6.07, 6.45) is 3.11. The lowest BCUT2D eigenvalue weighted by molar-refractivity contribution is 0.0159.